The summed E-state index contributed by atoms with van der Waals surface area (Å²) in [4.78, 5) is 21.2. The average molecular weight is 293 g/mol. The first kappa shape index (κ1) is 16.6. The van der Waals surface area contributed by atoms with E-state index in [9.17, 15) is 31.2 Å². The van der Waals surface area contributed by atoms with Crippen molar-refractivity contribution >= 4 is 22.0 Å². The van der Waals surface area contributed by atoms with Crippen LogP contribution in [0.2, 0.25) is 0 Å². The Morgan fingerprint density at radius 3 is 2.06 bits per heavy atom. The van der Waals surface area contributed by atoms with Gasteiger partial charge in [-0.15, -0.1) is 0 Å². The first-order valence-corrected chi connectivity index (χ1v) is 5.89. The van der Waals surface area contributed by atoms with Crippen LogP contribution < -0.4 is 4.72 Å². The lowest BCUT2D eigenvalue weighted by Gasteiger charge is -2.27. The fourth-order valence-electron chi connectivity index (χ4n) is 0.784. The van der Waals surface area contributed by atoms with Crippen LogP contribution in [0.5, 0.6) is 0 Å². The first-order valence-electron chi connectivity index (χ1n) is 4.24. The maximum absolute atomic E-state index is 12.5. The minimum atomic E-state index is -5.37. The molecule has 0 fully saturated rings. The van der Waals surface area contributed by atoms with Crippen LogP contribution in [0.4, 0.5) is 13.2 Å². The molecule has 0 rings (SSSR count). The summed E-state index contributed by atoms with van der Waals surface area (Å²) in [6, 6.07) is 0. The van der Waals surface area contributed by atoms with Gasteiger partial charge in [-0.1, -0.05) is 0 Å². The standard InChI is InChI=1S/C7H10F3NO6S/c1-6(5(13)14,7(8,9)10)11-18(15,16)3-4(12)17-2/h11H,3H2,1-2H3,(H,13,14). The molecule has 2 N–H and O–H groups in total. The summed E-state index contributed by atoms with van der Waals surface area (Å²) in [6.45, 7) is 0.129. The minimum Gasteiger partial charge on any atom is -0.480 e. The van der Waals surface area contributed by atoms with Crippen LogP contribution in [-0.2, 0) is 24.3 Å². The number of carbonyl (C=O) groups is 2. The van der Waals surface area contributed by atoms with Crippen molar-refractivity contribution in [3.63, 3.8) is 0 Å². The number of sulfonamides is 1. The second-order valence-electron chi connectivity index (χ2n) is 3.37. The Labute approximate surface area is 100.0 Å². The summed E-state index contributed by atoms with van der Waals surface area (Å²) < 4.78 is 64.7. The van der Waals surface area contributed by atoms with E-state index in [1.54, 1.807) is 0 Å². The molecule has 0 aromatic rings. The highest BCUT2D eigenvalue weighted by atomic mass is 32.2. The molecule has 0 aromatic carbocycles. The molecule has 1 unspecified atom stereocenters. The van der Waals surface area contributed by atoms with E-state index in [-0.39, 0.29) is 6.92 Å². The molecule has 0 bridgehead atoms. The number of halogens is 3. The van der Waals surface area contributed by atoms with Crippen LogP contribution in [0.1, 0.15) is 6.92 Å². The molecule has 11 heteroatoms. The topological polar surface area (TPSA) is 110 Å². The predicted octanol–water partition coefficient (Wildman–Crippen LogP) is -0.516. The van der Waals surface area contributed by atoms with Gasteiger partial charge in [0.25, 0.3) is 0 Å². The van der Waals surface area contributed by atoms with E-state index in [2.05, 4.69) is 4.74 Å². The number of hydrogen-bond donors (Lipinski definition) is 2. The molecule has 0 aliphatic heterocycles. The second-order valence-corrected chi connectivity index (χ2v) is 5.09. The Morgan fingerprint density at radius 1 is 1.33 bits per heavy atom. The number of aliphatic carboxylic acids is 1. The van der Waals surface area contributed by atoms with Crippen LogP contribution in [-0.4, -0.2) is 50.0 Å². The SMILES string of the molecule is COC(=O)CS(=O)(=O)NC(C)(C(=O)O)C(F)(F)F. The van der Waals surface area contributed by atoms with Gasteiger partial charge >= 0.3 is 18.1 Å². The van der Waals surface area contributed by atoms with Gasteiger partial charge in [0.2, 0.25) is 15.6 Å². The number of carbonyl (C=O) groups excluding carboxylic acids is 1. The van der Waals surface area contributed by atoms with Gasteiger partial charge < -0.3 is 9.84 Å². The smallest absolute Gasteiger partial charge is 0.418 e. The third kappa shape index (κ3) is 3.84. The second kappa shape index (κ2) is 5.10. The maximum atomic E-state index is 12.5. The normalized spacial score (nSPS) is 15.8. The lowest BCUT2D eigenvalue weighted by molar-refractivity contribution is -0.201. The number of alkyl halides is 3. The number of hydrogen-bond acceptors (Lipinski definition) is 5. The quantitative estimate of drug-likeness (QED) is 0.660. The van der Waals surface area contributed by atoms with Crippen LogP contribution >= 0.6 is 0 Å². The van der Waals surface area contributed by atoms with Crippen LogP contribution in [0.15, 0.2) is 0 Å². The molecule has 0 aromatic heterocycles. The molecule has 0 heterocycles. The van der Waals surface area contributed by atoms with Crippen molar-refractivity contribution in [2.75, 3.05) is 12.9 Å². The monoisotopic (exact) mass is 293 g/mol. The summed E-state index contributed by atoms with van der Waals surface area (Å²) in [7, 11) is -3.97. The molecule has 0 radical (unpaired) electrons. The molecule has 0 spiro atoms. The zero-order valence-electron chi connectivity index (χ0n) is 9.24. The molecule has 0 aliphatic carbocycles. The molecule has 0 saturated carbocycles. The molecule has 1 atom stereocenters. The van der Waals surface area contributed by atoms with E-state index in [1.807, 2.05) is 0 Å². The van der Waals surface area contributed by atoms with E-state index in [1.165, 1.54) is 0 Å². The molecule has 0 saturated heterocycles. The van der Waals surface area contributed by atoms with Gasteiger partial charge in [-0.2, -0.15) is 17.9 Å². The highest BCUT2D eigenvalue weighted by molar-refractivity contribution is 7.90. The lowest BCUT2D eigenvalue weighted by Crippen LogP contribution is -2.62. The van der Waals surface area contributed by atoms with E-state index in [4.69, 9.17) is 5.11 Å². The van der Waals surface area contributed by atoms with Crippen molar-refractivity contribution in [2.45, 2.75) is 18.6 Å². The molecule has 18 heavy (non-hydrogen) atoms. The summed E-state index contributed by atoms with van der Waals surface area (Å²) >= 11 is 0. The van der Waals surface area contributed by atoms with Crippen molar-refractivity contribution in [1.29, 1.82) is 0 Å². The first-order chi connectivity index (χ1) is 7.85. The number of carboxylic acids is 1. The molecule has 7 nitrogen and oxygen atoms in total. The number of carboxylic acid groups (broad SMARTS) is 1. The number of rotatable bonds is 5. The zero-order chi connectivity index (χ0) is 14.8. The van der Waals surface area contributed by atoms with Crippen molar-refractivity contribution < 1.29 is 41.0 Å². The highest BCUT2D eigenvalue weighted by Crippen LogP contribution is 2.31. The average Bonchev–Trinajstić information content (AvgIpc) is 2.13. The number of ether oxygens (including phenoxy) is 1. The Hall–Kier alpha value is -1.36. The molecular weight excluding hydrogens is 283 g/mol. The third-order valence-electron chi connectivity index (χ3n) is 1.89. The number of nitrogens with one attached hydrogen (secondary N) is 1. The summed E-state index contributed by atoms with van der Waals surface area (Å²) in [6.07, 6.45) is -5.37. The van der Waals surface area contributed by atoms with Gasteiger partial charge in [-0.3, -0.25) is 4.79 Å². The number of methoxy groups -OCH3 is 1. The molecular formula is C7H10F3NO6S. The Kier molecular flexibility index (Phi) is 4.71. The molecule has 106 valence electrons. The van der Waals surface area contributed by atoms with Crippen molar-refractivity contribution in [2.24, 2.45) is 0 Å². The third-order valence-corrected chi connectivity index (χ3v) is 3.22. The van der Waals surface area contributed by atoms with Crippen LogP contribution in [0.25, 0.3) is 0 Å². The van der Waals surface area contributed by atoms with Crippen molar-refractivity contribution in [1.82, 2.24) is 4.72 Å². The lowest BCUT2D eigenvalue weighted by atomic mass is 10.0. The summed E-state index contributed by atoms with van der Waals surface area (Å²) in [5.41, 5.74) is -3.72. The Balaban J connectivity index is 5.27. The Bertz CT molecular complexity index is 445. The van der Waals surface area contributed by atoms with Crippen molar-refractivity contribution in [3.8, 4) is 0 Å². The van der Waals surface area contributed by atoms with Gasteiger partial charge in [0.1, 0.15) is 0 Å². The summed E-state index contributed by atoms with van der Waals surface area (Å²) in [5, 5.41) is 8.46. The van der Waals surface area contributed by atoms with Crippen LogP contribution in [0, 0.1) is 0 Å². The van der Waals surface area contributed by atoms with Gasteiger partial charge in [-0.05, 0) is 6.92 Å². The van der Waals surface area contributed by atoms with Crippen LogP contribution in [0.3, 0.4) is 0 Å². The number of esters is 1. The maximum Gasteiger partial charge on any atom is 0.418 e. The minimum absolute atomic E-state index is 0.129. The van der Waals surface area contributed by atoms with E-state index in [0.29, 0.717) is 0 Å². The van der Waals surface area contributed by atoms with E-state index < -0.39 is 39.4 Å². The fraction of sp³-hybridized carbons (Fsp3) is 0.714. The highest BCUT2D eigenvalue weighted by Gasteiger charge is 2.59. The van der Waals surface area contributed by atoms with E-state index in [0.717, 1.165) is 11.8 Å². The summed E-state index contributed by atoms with van der Waals surface area (Å²) in [5.74, 6) is -5.18. The zero-order valence-corrected chi connectivity index (χ0v) is 10.1. The van der Waals surface area contributed by atoms with Gasteiger partial charge in [0.05, 0.1) is 7.11 Å². The fourth-order valence-corrected chi connectivity index (χ4v) is 2.11. The van der Waals surface area contributed by atoms with Crippen molar-refractivity contribution in [3.05, 3.63) is 0 Å². The largest absolute Gasteiger partial charge is 0.480 e. The van der Waals surface area contributed by atoms with Gasteiger partial charge in [0, 0.05) is 0 Å². The Morgan fingerprint density at radius 2 is 1.78 bits per heavy atom. The molecule has 0 amide bonds. The van der Waals surface area contributed by atoms with Gasteiger partial charge in [-0.25, -0.2) is 13.2 Å². The molecule has 0 aliphatic rings. The van der Waals surface area contributed by atoms with E-state index >= 15 is 0 Å². The van der Waals surface area contributed by atoms with Gasteiger partial charge in [0.15, 0.2) is 5.75 Å². The predicted molar refractivity (Wildman–Crippen MR) is 51.0 cm³/mol.